The van der Waals surface area contributed by atoms with Gasteiger partial charge in [0.25, 0.3) is 11.8 Å². The van der Waals surface area contributed by atoms with Crippen molar-refractivity contribution in [3.05, 3.63) is 24.7 Å². The van der Waals surface area contributed by atoms with Crippen molar-refractivity contribution in [1.29, 1.82) is 0 Å². The van der Waals surface area contributed by atoms with Gasteiger partial charge in [0.15, 0.2) is 18.6 Å². The molecule has 41 heavy (non-hydrogen) atoms. The van der Waals surface area contributed by atoms with Crippen LogP contribution in [0.2, 0.25) is 0 Å². The van der Waals surface area contributed by atoms with Crippen molar-refractivity contribution in [3.63, 3.8) is 0 Å². The third kappa shape index (κ3) is 8.40. The van der Waals surface area contributed by atoms with Crippen LogP contribution in [0.5, 0.6) is 0 Å². The summed E-state index contributed by atoms with van der Waals surface area (Å²) in [7, 11) is -9.56. The third-order valence-corrected chi connectivity index (χ3v) is 8.80. The van der Waals surface area contributed by atoms with Crippen LogP contribution in [0.3, 0.4) is 0 Å². The van der Waals surface area contributed by atoms with Crippen molar-refractivity contribution in [2.75, 3.05) is 26.9 Å². The molecule has 3 unspecified atom stereocenters. The van der Waals surface area contributed by atoms with E-state index in [0.717, 1.165) is 6.08 Å². The minimum atomic E-state index is -5.52. The summed E-state index contributed by atoms with van der Waals surface area (Å²) >= 11 is 0. The van der Waals surface area contributed by atoms with Crippen molar-refractivity contribution in [3.8, 4) is 0 Å². The number of phosphoric ester groups is 2. The summed E-state index contributed by atoms with van der Waals surface area (Å²) in [5, 5.41) is 45.8. The van der Waals surface area contributed by atoms with Crippen molar-refractivity contribution >= 4 is 27.5 Å². The molecule has 0 saturated carbocycles. The molecule has 3 rings (SSSR count). The van der Waals surface area contributed by atoms with Crippen molar-refractivity contribution < 1.29 is 76.5 Å². The number of methoxy groups -OCH3 is 1. The molecule has 3 aliphatic rings. The molecule has 3 heterocycles. The predicted octanol–water partition coefficient (Wildman–Crippen LogP) is -3.05. The van der Waals surface area contributed by atoms with E-state index in [9.17, 15) is 48.9 Å². The monoisotopic (exact) mass is 633 g/mol. The van der Waals surface area contributed by atoms with Crippen LogP contribution >= 0.6 is 15.6 Å². The van der Waals surface area contributed by atoms with Gasteiger partial charge in [0.2, 0.25) is 0 Å². The molecule has 11 atom stereocenters. The molecular weight excluding hydrogens is 600 g/mol. The highest BCUT2D eigenvalue weighted by atomic mass is 31.3. The third-order valence-electron chi connectivity index (χ3n) is 6.20. The fourth-order valence-electron chi connectivity index (χ4n) is 4.01. The summed E-state index contributed by atoms with van der Waals surface area (Å²) in [5.41, 5.74) is 0. The molecule has 2 amide bonds. The minimum Gasteiger partial charge on any atom is -0.390 e. The fourth-order valence-corrected chi connectivity index (χ4v) is 6.23. The second kappa shape index (κ2) is 13.7. The topological polar surface area (TPSA) is 272 Å². The van der Waals surface area contributed by atoms with Crippen LogP contribution in [-0.2, 0) is 46.3 Å². The van der Waals surface area contributed by atoms with Gasteiger partial charge < -0.3 is 60.0 Å². The number of aliphatic hydroxyl groups excluding tert-OH is 4. The van der Waals surface area contributed by atoms with Crippen LogP contribution in [0.25, 0.3) is 0 Å². The van der Waals surface area contributed by atoms with E-state index < -0.39 is 89.1 Å². The maximum Gasteiger partial charge on any atom is 0.483 e. The second-order valence-corrected chi connectivity index (χ2v) is 12.2. The summed E-state index contributed by atoms with van der Waals surface area (Å²) < 4.78 is 54.1. The lowest BCUT2D eigenvalue weighted by molar-refractivity contribution is -0.249. The van der Waals surface area contributed by atoms with Gasteiger partial charge in [-0.2, -0.15) is 4.31 Å². The Labute approximate surface area is 233 Å². The number of phosphoric acid groups is 2. The second-order valence-electron chi connectivity index (χ2n) is 9.17. The Morgan fingerprint density at radius 1 is 1.12 bits per heavy atom. The number of hydrogen-bond donors (Lipinski definition) is 8. The van der Waals surface area contributed by atoms with Gasteiger partial charge in [-0.3, -0.25) is 18.6 Å². The van der Waals surface area contributed by atoms with Gasteiger partial charge >= 0.3 is 15.6 Å². The van der Waals surface area contributed by atoms with E-state index in [0.29, 0.717) is 0 Å². The zero-order chi connectivity index (χ0) is 30.7. The van der Waals surface area contributed by atoms with Gasteiger partial charge in [0, 0.05) is 31.8 Å². The fraction of sp³-hybridized carbons (Fsp3) is 0.700. The standard InChI is InChI=1S/C20H33N3O16P2/c1-9-13(25)15(27)17(18(29)21-5-7-34-3)37-20(9)38-41(32,33)39-40(30,31)35-8-11-14(26)16(28)19(36-11)23-6-4-12(24)22-10(23)2/h4,6,9,11,13-17,19-20,25-28H,2,5,7-8H2,1,3H3,(H,21,29)(H,22,24)(H,30,31)(H,32,33)/t9?,11-,13-,14+,15+,16?,17?,19-,20-/m1/s1. The molecule has 0 aromatic rings. The van der Waals surface area contributed by atoms with Gasteiger partial charge in [-0.25, -0.2) is 9.13 Å². The molecule has 2 saturated heterocycles. The lowest BCUT2D eigenvalue weighted by atomic mass is 9.92. The molecule has 2 fully saturated rings. The lowest BCUT2D eigenvalue weighted by Gasteiger charge is -2.40. The number of carbonyl (C=O) groups is 2. The SMILES string of the molecule is C=C1NC(=O)C=CN1[C@@H]1O[C@H](CO[P@](=O)(O)O[P@](=O)(O)O[C@H]2OC(C(=O)NCCOC)[C@@H](O)[C@H](O)C2C)[C@H](O)C1O. The number of ether oxygens (including phenoxy) is 3. The molecule has 0 spiro atoms. The molecule has 19 nitrogen and oxygen atoms in total. The number of rotatable bonds is 12. The van der Waals surface area contributed by atoms with E-state index in [1.54, 1.807) is 0 Å². The predicted molar refractivity (Wildman–Crippen MR) is 131 cm³/mol. The van der Waals surface area contributed by atoms with Crippen LogP contribution < -0.4 is 10.6 Å². The molecule has 0 aromatic carbocycles. The number of hydrogen-bond acceptors (Lipinski definition) is 15. The maximum atomic E-state index is 12.5. The summed E-state index contributed by atoms with van der Waals surface area (Å²) in [5.74, 6) is -2.61. The van der Waals surface area contributed by atoms with Crippen LogP contribution in [0.4, 0.5) is 0 Å². The molecule has 234 valence electrons. The first-order valence-electron chi connectivity index (χ1n) is 12.0. The highest BCUT2D eigenvalue weighted by Crippen LogP contribution is 2.61. The Balaban J connectivity index is 1.59. The molecular formula is C20H33N3O16P2. The highest BCUT2D eigenvalue weighted by Gasteiger charge is 2.50. The molecule has 0 aromatic heterocycles. The Kier molecular flexibility index (Phi) is 11.2. The first kappa shape index (κ1) is 33.7. The Bertz CT molecular complexity index is 1110. The first-order chi connectivity index (χ1) is 19.1. The van der Waals surface area contributed by atoms with E-state index in [1.807, 2.05) is 0 Å². The van der Waals surface area contributed by atoms with Gasteiger partial charge in [0.05, 0.1) is 19.3 Å². The number of aliphatic hydroxyl groups is 4. The maximum absolute atomic E-state index is 12.5. The van der Waals surface area contributed by atoms with E-state index >= 15 is 0 Å². The Morgan fingerprint density at radius 3 is 2.44 bits per heavy atom. The smallest absolute Gasteiger partial charge is 0.390 e. The van der Waals surface area contributed by atoms with Gasteiger partial charge in [-0.15, -0.1) is 0 Å². The van der Waals surface area contributed by atoms with E-state index in [1.165, 1.54) is 25.1 Å². The van der Waals surface area contributed by atoms with Gasteiger partial charge in [-0.05, 0) is 0 Å². The summed E-state index contributed by atoms with van der Waals surface area (Å²) in [6.07, 6.45) is -10.7. The molecule has 3 aliphatic heterocycles. The minimum absolute atomic E-state index is 0.0105. The van der Waals surface area contributed by atoms with E-state index in [4.69, 9.17) is 18.7 Å². The zero-order valence-corrected chi connectivity index (χ0v) is 23.6. The number of carbonyl (C=O) groups excluding carboxylic acids is 2. The average Bonchev–Trinajstić information content (AvgIpc) is 3.15. The van der Waals surface area contributed by atoms with Gasteiger partial charge in [0.1, 0.15) is 30.2 Å². The normalized spacial score (nSPS) is 36.9. The molecule has 0 aliphatic carbocycles. The Morgan fingerprint density at radius 2 is 1.80 bits per heavy atom. The van der Waals surface area contributed by atoms with Crippen LogP contribution in [0.1, 0.15) is 6.92 Å². The molecule has 21 heteroatoms. The largest absolute Gasteiger partial charge is 0.483 e. The van der Waals surface area contributed by atoms with Crippen LogP contribution in [-0.4, -0.2) is 123 Å². The molecule has 0 bridgehead atoms. The Hall–Kier alpha value is -1.80. The summed E-state index contributed by atoms with van der Waals surface area (Å²) in [4.78, 5) is 45.0. The van der Waals surface area contributed by atoms with E-state index in [-0.39, 0.29) is 19.0 Å². The summed E-state index contributed by atoms with van der Waals surface area (Å²) in [6.45, 7) is 4.03. The zero-order valence-electron chi connectivity index (χ0n) is 21.8. The van der Waals surface area contributed by atoms with Gasteiger partial charge in [-0.1, -0.05) is 13.5 Å². The van der Waals surface area contributed by atoms with Crippen molar-refractivity contribution in [2.24, 2.45) is 5.92 Å². The van der Waals surface area contributed by atoms with Crippen molar-refractivity contribution in [1.82, 2.24) is 15.5 Å². The quantitative estimate of drug-likeness (QED) is 0.0783. The first-order valence-corrected chi connectivity index (χ1v) is 15.0. The molecule has 8 N–H and O–H groups in total. The van der Waals surface area contributed by atoms with E-state index in [2.05, 4.69) is 26.0 Å². The average molecular weight is 633 g/mol. The van der Waals surface area contributed by atoms with Crippen LogP contribution in [0, 0.1) is 5.92 Å². The highest BCUT2D eigenvalue weighted by molar-refractivity contribution is 7.61. The molecule has 0 radical (unpaired) electrons. The number of amides is 2. The summed E-state index contributed by atoms with van der Waals surface area (Å²) in [6, 6.07) is 0. The lowest BCUT2D eigenvalue weighted by Crippen LogP contribution is -2.59. The number of nitrogens with one attached hydrogen (secondary N) is 2. The van der Waals surface area contributed by atoms with Crippen LogP contribution in [0.15, 0.2) is 24.7 Å². The van der Waals surface area contributed by atoms with Crippen molar-refractivity contribution in [2.45, 2.75) is 56.1 Å². The number of nitrogens with zero attached hydrogens (tertiary/aromatic N) is 1.